The predicted molar refractivity (Wildman–Crippen MR) is 68.0 cm³/mol. The molecule has 86 valence electrons. The highest BCUT2D eigenvalue weighted by Gasteiger charge is 2.15. The van der Waals surface area contributed by atoms with Crippen molar-refractivity contribution in [1.29, 1.82) is 0 Å². The Morgan fingerprint density at radius 2 is 1.81 bits per heavy atom. The SMILES string of the molecule is C=C(N=C(C)N)c1ccc(C(C)(C)O)cc1. The summed E-state index contributed by atoms with van der Waals surface area (Å²) in [5, 5.41) is 9.79. The standard InChI is InChI=1S/C13H18N2O/c1-9(15-10(2)14)11-5-7-12(8-6-11)13(3,4)16/h5-8,16H,1H2,2-4H3,(H2,14,15). The van der Waals surface area contributed by atoms with Gasteiger partial charge in [0.1, 0.15) is 0 Å². The summed E-state index contributed by atoms with van der Waals surface area (Å²) in [6.45, 7) is 9.04. The number of aliphatic hydroxyl groups is 1. The van der Waals surface area contributed by atoms with Crippen LogP contribution in [0.15, 0.2) is 35.8 Å². The van der Waals surface area contributed by atoms with Crippen molar-refractivity contribution in [2.24, 2.45) is 10.7 Å². The normalized spacial score (nSPS) is 12.6. The molecule has 3 N–H and O–H groups in total. The minimum atomic E-state index is -0.826. The van der Waals surface area contributed by atoms with Gasteiger partial charge in [-0.2, -0.15) is 0 Å². The van der Waals surface area contributed by atoms with Gasteiger partial charge in [-0.25, -0.2) is 4.99 Å². The van der Waals surface area contributed by atoms with E-state index in [9.17, 15) is 5.11 Å². The lowest BCUT2D eigenvalue weighted by molar-refractivity contribution is 0.0786. The molecule has 1 aromatic rings. The van der Waals surface area contributed by atoms with Crippen molar-refractivity contribution in [1.82, 2.24) is 0 Å². The Hall–Kier alpha value is -1.61. The molecular formula is C13H18N2O. The van der Waals surface area contributed by atoms with Gasteiger partial charge in [0.05, 0.1) is 17.1 Å². The van der Waals surface area contributed by atoms with Gasteiger partial charge in [-0.3, -0.25) is 0 Å². The minimum Gasteiger partial charge on any atom is -0.387 e. The molecule has 0 amide bonds. The first-order chi connectivity index (χ1) is 7.30. The highest BCUT2D eigenvalue weighted by molar-refractivity contribution is 5.84. The zero-order valence-electron chi connectivity index (χ0n) is 9.99. The quantitative estimate of drug-likeness (QED) is 0.604. The first-order valence-corrected chi connectivity index (χ1v) is 5.13. The van der Waals surface area contributed by atoms with Gasteiger partial charge in [0.15, 0.2) is 0 Å². The van der Waals surface area contributed by atoms with Crippen LogP contribution in [-0.4, -0.2) is 10.9 Å². The number of aliphatic imine (C=N–C) groups is 1. The Bertz CT molecular complexity index is 407. The Morgan fingerprint density at radius 1 is 1.31 bits per heavy atom. The van der Waals surface area contributed by atoms with Gasteiger partial charge in [-0.05, 0) is 31.9 Å². The molecule has 0 saturated heterocycles. The molecule has 0 unspecified atom stereocenters. The molecular weight excluding hydrogens is 200 g/mol. The molecule has 16 heavy (non-hydrogen) atoms. The number of hydrogen-bond donors (Lipinski definition) is 2. The van der Waals surface area contributed by atoms with E-state index < -0.39 is 5.60 Å². The molecule has 0 bridgehead atoms. The molecule has 0 atom stereocenters. The van der Waals surface area contributed by atoms with Crippen molar-refractivity contribution in [3.8, 4) is 0 Å². The zero-order valence-corrected chi connectivity index (χ0v) is 9.99. The Labute approximate surface area is 96.3 Å². The Balaban J connectivity index is 2.96. The second kappa shape index (κ2) is 4.49. The topological polar surface area (TPSA) is 58.6 Å². The summed E-state index contributed by atoms with van der Waals surface area (Å²) in [6.07, 6.45) is 0. The lowest BCUT2D eigenvalue weighted by atomic mass is 9.97. The van der Waals surface area contributed by atoms with E-state index in [1.807, 2.05) is 24.3 Å². The van der Waals surface area contributed by atoms with E-state index in [2.05, 4.69) is 11.6 Å². The second-order valence-electron chi connectivity index (χ2n) is 4.34. The summed E-state index contributed by atoms with van der Waals surface area (Å²) in [7, 11) is 0. The van der Waals surface area contributed by atoms with Gasteiger partial charge < -0.3 is 10.8 Å². The fraction of sp³-hybridized carbons (Fsp3) is 0.308. The van der Waals surface area contributed by atoms with Crippen LogP contribution in [0.5, 0.6) is 0 Å². The summed E-state index contributed by atoms with van der Waals surface area (Å²) in [5.41, 5.74) is 7.04. The van der Waals surface area contributed by atoms with Crippen molar-refractivity contribution < 1.29 is 5.11 Å². The van der Waals surface area contributed by atoms with Crippen LogP contribution in [0.2, 0.25) is 0 Å². The monoisotopic (exact) mass is 218 g/mol. The van der Waals surface area contributed by atoms with Gasteiger partial charge in [-0.15, -0.1) is 0 Å². The third-order valence-electron chi connectivity index (χ3n) is 2.24. The van der Waals surface area contributed by atoms with E-state index in [0.717, 1.165) is 11.1 Å². The van der Waals surface area contributed by atoms with E-state index in [0.29, 0.717) is 11.5 Å². The molecule has 0 aliphatic carbocycles. The van der Waals surface area contributed by atoms with Crippen molar-refractivity contribution >= 4 is 11.5 Å². The number of amidine groups is 1. The Kier molecular flexibility index (Phi) is 3.50. The molecule has 0 saturated carbocycles. The second-order valence-corrected chi connectivity index (χ2v) is 4.34. The Morgan fingerprint density at radius 3 is 2.19 bits per heavy atom. The molecule has 0 aromatic heterocycles. The summed E-state index contributed by atoms with van der Waals surface area (Å²) in [6, 6.07) is 7.48. The lowest BCUT2D eigenvalue weighted by Gasteiger charge is -2.17. The third-order valence-corrected chi connectivity index (χ3v) is 2.24. The highest BCUT2D eigenvalue weighted by Crippen LogP contribution is 2.22. The van der Waals surface area contributed by atoms with Gasteiger partial charge in [0.25, 0.3) is 0 Å². The van der Waals surface area contributed by atoms with Crippen LogP contribution in [0.1, 0.15) is 31.9 Å². The molecule has 0 fully saturated rings. The summed E-state index contributed by atoms with van der Waals surface area (Å²) < 4.78 is 0. The number of benzene rings is 1. The maximum Gasteiger partial charge on any atom is 0.0964 e. The molecule has 0 radical (unpaired) electrons. The highest BCUT2D eigenvalue weighted by atomic mass is 16.3. The lowest BCUT2D eigenvalue weighted by Crippen LogP contribution is -2.15. The smallest absolute Gasteiger partial charge is 0.0964 e. The van der Waals surface area contributed by atoms with Crippen LogP contribution < -0.4 is 5.73 Å². The minimum absolute atomic E-state index is 0.483. The van der Waals surface area contributed by atoms with Gasteiger partial charge in [0, 0.05) is 0 Å². The van der Waals surface area contributed by atoms with Crippen LogP contribution in [0.3, 0.4) is 0 Å². The van der Waals surface area contributed by atoms with Gasteiger partial charge in [-0.1, -0.05) is 30.8 Å². The molecule has 0 aliphatic heterocycles. The maximum atomic E-state index is 9.79. The van der Waals surface area contributed by atoms with Gasteiger partial charge >= 0.3 is 0 Å². The fourth-order valence-electron chi connectivity index (χ4n) is 1.35. The molecule has 3 heteroatoms. The van der Waals surface area contributed by atoms with Crippen LogP contribution in [0, 0.1) is 0 Å². The van der Waals surface area contributed by atoms with Crippen LogP contribution in [0.25, 0.3) is 5.70 Å². The van der Waals surface area contributed by atoms with E-state index in [4.69, 9.17) is 5.73 Å². The first-order valence-electron chi connectivity index (χ1n) is 5.13. The third kappa shape index (κ3) is 3.21. The number of nitrogens with two attached hydrogens (primary N) is 1. The largest absolute Gasteiger partial charge is 0.387 e. The van der Waals surface area contributed by atoms with Crippen molar-refractivity contribution in [3.63, 3.8) is 0 Å². The molecule has 1 rings (SSSR count). The zero-order chi connectivity index (χ0) is 12.3. The molecule has 0 aliphatic rings. The number of rotatable bonds is 3. The molecule has 3 nitrogen and oxygen atoms in total. The first kappa shape index (κ1) is 12.5. The predicted octanol–water partition coefficient (Wildman–Crippen LogP) is 2.26. The summed E-state index contributed by atoms with van der Waals surface area (Å²) in [4.78, 5) is 4.08. The van der Waals surface area contributed by atoms with Crippen LogP contribution >= 0.6 is 0 Å². The van der Waals surface area contributed by atoms with E-state index in [1.165, 1.54) is 0 Å². The molecule has 0 spiro atoms. The van der Waals surface area contributed by atoms with Crippen molar-refractivity contribution in [2.45, 2.75) is 26.4 Å². The van der Waals surface area contributed by atoms with E-state index in [-0.39, 0.29) is 0 Å². The fourth-order valence-corrected chi connectivity index (χ4v) is 1.35. The summed E-state index contributed by atoms with van der Waals surface area (Å²) in [5.74, 6) is 0.483. The van der Waals surface area contributed by atoms with Crippen molar-refractivity contribution in [3.05, 3.63) is 42.0 Å². The average Bonchev–Trinajstić information content (AvgIpc) is 2.15. The maximum absolute atomic E-state index is 9.79. The van der Waals surface area contributed by atoms with E-state index in [1.54, 1.807) is 20.8 Å². The molecule has 1 aromatic carbocycles. The van der Waals surface area contributed by atoms with Gasteiger partial charge in [0.2, 0.25) is 0 Å². The average molecular weight is 218 g/mol. The summed E-state index contributed by atoms with van der Waals surface area (Å²) >= 11 is 0. The van der Waals surface area contributed by atoms with Crippen LogP contribution in [0.4, 0.5) is 0 Å². The molecule has 0 heterocycles. The van der Waals surface area contributed by atoms with Crippen LogP contribution in [-0.2, 0) is 5.60 Å². The number of nitrogens with zero attached hydrogens (tertiary/aromatic N) is 1. The number of hydrogen-bond acceptors (Lipinski definition) is 2. The van der Waals surface area contributed by atoms with E-state index >= 15 is 0 Å². The van der Waals surface area contributed by atoms with Crippen molar-refractivity contribution in [2.75, 3.05) is 0 Å².